The van der Waals surface area contributed by atoms with Crippen LogP contribution in [0.25, 0.3) is 0 Å². The van der Waals surface area contributed by atoms with E-state index in [-0.39, 0.29) is 11.7 Å². The summed E-state index contributed by atoms with van der Waals surface area (Å²) in [5.74, 6) is 0.636. The van der Waals surface area contributed by atoms with Crippen LogP contribution in [0.3, 0.4) is 0 Å². The minimum atomic E-state index is -0.430. The molecule has 8 heteroatoms. The number of rotatable bonds is 5. The third kappa shape index (κ3) is 3.92. The number of carbonyl (C=O) groups is 1. The molecule has 1 aliphatic carbocycles. The molecule has 2 fully saturated rings. The third-order valence-electron chi connectivity index (χ3n) is 6.26. The molecular weight excluding hydrogens is 359 g/mol. The largest absolute Gasteiger partial charge is 0.346 e. The van der Waals surface area contributed by atoms with E-state index in [4.69, 9.17) is 0 Å². The maximum absolute atomic E-state index is 13.4. The molecule has 2 aliphatic rings. The van der Waals surface area contributed by atoms with Crippen LogP contribution in [0.15, 0.2) is 24.3 Å². The summed E-state index contributed by atoms with van der Waals surface area (Å²) in [5, 5.41) is 15.6. The van der Waals surface area contributed by atoms with Crippen LogP contribution in [-0.4, -0.2) is 39.2 Å². The first-order valence-corrected chi connectivity index (χ1v) is 10.2. The quantitative estimate of drug-likeness (QED) is 0.807. The van der Waals surface area contributed by atoms with Gasteiger partial charge in [0.2, 0.25) is 11.7 Å². The molecule has 2 heterocycles. The lowest BCUT2D eigenvalue weighted by atomic mass is 9.80. The Balaban J connectivity index is 1.45. The van der Waals surface area contributed by atoms with Gasteiger partial charge in [0.15, 0.2) is 0 Å². The van der Waals surface area contributed by atoms with Crippen molar-refractivity contribution in [2.45, 2.75) is 63.6 Å². The maximum Gasteiger partial charge on any atom is 0.217 e. The molecule has 0 atom stereocenters. The summed E-state index contributed by atoms with van der Waals surface area (Å²) in [6, 6.07) is 6.95. The lowest BCUT2D eigenvalue weighted by Gasteiger charge is -2.40. The van der Waals surface area contributed by atoms with Crippen molar-refractivity contribution in [3.63, 3.8) is 0 Å². The minimum Gasteiger partial charge on any atom is -0.346 e. The Kier molecular flexibility index (Phi) is 5.39. The SMILES string of the molecule is CC(=O)NC1(c2ccc(F)cc2)CC[NH+](Cc2nnnn2C2CCCC2)CC1. The Bertz CT molecular complexity index is 806. The van der Waals surface area contributed by atoms with E-state index >= 15 is 0 Å². The predicted molar refractivity (Wildman–Crippen MR) is 101 cm³/mol. The molecule has 28 heavy (non-hydrogen) atoms. The maximum atomic E-state index is 13.4. The zero-order valence-electron chi connectivity index (χ0n) is 16.3. The number of tetrazole rings is 1. The van der Waals surface area contributed by atoms with Gasteiger partial charge in [0.25, 0.3) is 0 Å². The molecule has 0 unspecified atom stereocenters. The van der Waals surface area contributed by atoms with Crippen LogP contribution in [-0.2, 0) is 16.9 Å². The number of hydrogen-bond donors (Lipinski definition) is 2. The number of amides is 1. The van der Waals surface area contributed by atoms with E-state index in [1.54, 1.807) is 19.1 Å². The van der Waals surface area contributed by atoms with E-state index < -0.39 is 5.54 Å². The summed E-state index contributed by atoms with van der Waals surface area (Å²) in [6.45, 7) is 4.13. The van der Waals surface area contributed by atoms with Crippen molar-refractivity contribution in [1.82, 2.24) is 25.5 Å². The van der Waals surface area contributed by atoms with Gasteiger partial charge in [0.1, 0.15) is 12.4 Å². The van der Waals surface area contributed by atoms with Crippen molar-refractivity contribution in [2.24, 2.45) is 0 Å². The van der Waals surface area contributed by atoms with Gasteiger partial charge in [0.05, 0.1) is 24.7 Å². The number of nitrogens with zero attached hydrogens (tertiary/aromatic N) is 4. The second-order valence-corrected chi connectivity index (χ2v) is 8.17. The van der Waals surface area contributed by atoms with E-state index in [9.17, 15) is 9.18 Å². The van der Waals surface area contributed by atoms with Crippen LogP contribution in [0.4, 0.5) is 4.39 Å². The molecule has 1 saturated carbocycles. The molecule has 0 spiro atoms. The van der Waals surface area contributed by atoms with Crippen molar-refractivity contribution in [2.75, 3.05) is 13.1 Å². The fourth-order valence-corrected chi connectivity index (χ4v) is 4.78. The van der Waals surface area contributed by atoms with E-state index in [1.165, 1.54) is 29.9 Å². The van der Waals surface area contributed by atoms with Crippen LogP contribution in [0, 0.1) is 5.82 Å². The summed E-state index contributed by atoms with van der Waals surface area (Å²) < 4.78 is 15.4. The monoisotopic (exact) mass is 387 g/mol. The number of nitrogens with one attached hydrogen (secondary N) is 2. The topological polar surface area (TPSA) is 77.1 Å². The number of aromatic nitrogens is 4. The van der Waals surface area contributed by atoms with Gasteiger partial charge in [-0.05, 0) is 41.0 Å². The van der Waals surface area contributed by atoms with Gasteiger partial charge >= 0.3 is 0 Å². The molecule has 1 aromatic carbocycles. The number of carbonyl (C=O) groups excluding carboxylic acids is 1. The average molecular weight is 387 g/mol. The van der Waals surface area contributed by atoms with Crippen LogP contribution in [0.2, 0.25) is 0 Å². The lowest BCUT2D eigenvalue weighted by Crippen LogP contribution is -3.12. The second-order valence-electron chi connectivity index (χ2n) is 8.17. The number of halogens is 1. The third-order valence-corrected chi connectivity index (χ3v) is 6.26. The predicted octanol–water partition coefficient (Wildman–Crippen LogP) is 1.14. The molecule has 2 N–H and O–H groups in total. The number of piperidine rings is 1. The summed E-state index contributed by atoms with van der Waals surface area (Å²) in [4.78, 5) is 13.3. The van der Waals surface area contributed by atoms with Gasteiger partial charge in [-0.1, -0.05) is 25.0 Å². The highest BCUT2D eigenvalue weighted by Crippen LogP contribution is 2.31. The van der Waals surface area contributed by atoms with Crippen LogP contribution in [0.1, 0.15) is 62.9 Å². The fraction of sp³-hybridized carbons (Fsp3) is 0.600. The summed E-state index contributed by atoms with van der Waals surface area (Å²) in [7, 11) is 0. The number of likely N-dealkylation sites (tertiary alicyclic amines) is 1. The summed E-state index contributed by atoms with van der Waals surface area (Å²) >= 11 is 0. The standard InChI is InChI=1S/C20H27FN6O/c1-15(28)22-20(16-6-8-17(21)9-7-16)10-12-26(13-11-20)14-19-23-24-25-27(19)18-4-2-3-5-18/h6-9,18H,2-5,10-14H2,1H3,(H,22,28)/p+1. The van der Waals surface area contributed by atoms with Gasteiger partial charge in [-0.25, -0.2) is 9.07 Å². The van der Waals surface area contributed by atoms with Crippen LogP contribution < -0.4 is 10.2 Å². The van der Waals surface area contributed by atoms with E-state index in [0.29, 0.717) is 6.04 Å². The van der Waals surface area contributed by atoms with E-state index in [0.717, 1.165) is 56.7 Å². The molecule has 1 saturated heterocycles. The average Bonchev–Trinajstić information content (AvgIpc) is 3.35. The normalized spacial score (nSPS) is 25.7. The molecule has 0 radical (unpaired) electrons. The molecular formula is C20H28FN6O+. The zero-order valence-corrected chi connectivity index (χ0v) is 16.3. The van der Waals surface area contributed by atoms with Gasteiger partial charge in [-0.2, -0.15) is 0 Å². The first-order valence-electron chi connectivity index (χ1n) is 10.2. The van der Waals surface area contributed by atoms with Gasteiger partial charge in [-0.15, -0.1) is 5.10 Å². The molecule has 1 aromatic heterocycles. The zero-order chi connectivity index (χ0) is 19.6. The Labute approximate surface area is 164 Å². The van der Waals surface area contributed by atoms with Crippen LogP contribution >= 0.6 is 0 Å². The highest BCUT2D eigenvalue weighted by molar-refractivity contribution is 5.74. The van der Waals surface area contributed by atoms with Crippen LogP contribution in [0.5, 0.6) is 0 Å². The molecule has 150 valence electrons. The van der Waals surface area contributed by atoms with E-state index in [1.807, 2.05) is 4.68 Å². The second kappa shape index (κ2) is 7.95. The number of quaternary nitrogens is 1. The fourth-order valence-electron chi connectivity index (χ4n) is 4.78. The lowest BCUT2D eigenvalue weighted by molar-refractivity contribution is -0.921. The summed E-state index contributed by atoms with van der Waals surface area (Å²) in [5.41, 5.74) is 0.541. The van der Waals surface area contributed by atoms with Crippen molar-refractivity contribution in [3.8, 4) is 0 Å². The highest BCUT2D eigenvalue weighted by Gasteiger charge is 2.39. The molecule has 4 rings (SSSR count). The summed E-state index contributed by atoms with van der Waals surface area (Å²) in [6.07, 6.45) is 6.42. The molecule has 1 amide bonds. The van der Waals surface area contributed by atoms with Crippen molar-refractivity contribution in [3.05, 3.63) is 41.5 Å². The van der Waals surface area contributed by atoms with Gasteiger partial charge < -0.3 is 10.2 Å². The smallest absolute Gasteiger partial charge is 0.217 e. The van der Waals surface area contributed by atoms with Gasteiger partial charge in [0, 0.05) is 19.8 Å². The Morgan fingerprint density at radius 1 is 1.25 bits per heavy atom. The number of hydrogen-bond acceptors (Lipinski definition) is 4. The minimum absolute atomic E-state index is 0.0575. The molecule has 2 aromatic rings. The van der Waals surface area contributed by atoms with Crippen molar-refractivity contribution < 1.29 is 14.1 Å². The first kappa shape index (κ1) is 19.0. The van der Waals surface area contributed by atoms with Crippen molar-refractivity contribution >= 4 is 5.91 Å². The Hall–Kier alpha value is -2.35. The van der Waals surface area contributed by atoms with E-state index in [2.05, 4.69) is 20.8 Å². The first-order chi connectivity index (χ1) is 13.6. The Morgan fingerprint density at radius 3 is 2.57 bits per heavy atom. The Morgan fingerprint density at radius 2 is 1.93 bits per heavy atom. The molecule has 0 bridgehead atoms. The number of benzene rings is 1. The van der Waals surface area contributed by atoms with Gasteiger partial charge in [-0.3, -0.25) is 4.79 Å². The van der Waals surface area contributed by atoms with Crippen molar-refractivity contribution in [1.29, 1.82) is 0 Å². The molecule has 1 aliphatic heterocycles. The highest BCUT2D eigenvalue weighted by atomic mass is 19.1. The molecule has 7 nitrogen and oxygen atoms in total.